The molecular weight excluding hydrogens is 331 g/mol. The van der Waals surface area contributed by atoms with Crippen LogP contribution in [0.4, 0.5) is 0 Å². The number of hydrogen-bond acceptors (Lipinski definition) is 3. The van der Waals surface area contributed by atoms with Gasteiger partial charge in [-0.2, -0.15) is 0 Å². The molecule has 0 amide bonds. The molecule has 3 rings (SSSR count). The maximum absolute atomic E-state index is 11.6. The molecule has 1 fully saturated rings. The van der Waals surface area contributed by atoms with Crippen LogP contribution in [0, 0.1) is 0 Å². The monoisotopic (exact) mass is 346 g/mol. The molecule has 114 valence electrons. The zero-order valence-electron chi connectivity index (χ0n) is 11.4. The molecule has 0 bridgehead atoms. The molecule has 0 saturated carbocycles. The Morgan fingerprint density at radius 1 is 1.29 bits per heavy atom. The number of aromatic nitrogens is 2. The molecule has 0 spiro atoms. The lowest BCUT2D eigenvalue weighted by atomic mass is 10.1. The molecule has 7 heteroatoms. The average molecular weight is 347 g/mol. The largest absolute Gasteiger partial charge is 0.325 e. The minimum absolute atomic E-state index is 0.165. The zero-order chi connectivity index (χ0) is 15.0. The number of imidazole rings is 1. The molecule has 1 aliphatic heterocycles. The van der Waals surface area contributed by atoms with Gasteiger partial charge in [0.05, 0.1) is 22.5 Å². The second-order valence-corrected chi connectivity index (χ2v) is 8.47. The number of benzene rings is 1. The fourth-order valence-electron chi connectivity index (χ4n) is 2.93. The van der Waals surface area contributed by atoms with Gasteiger partial charge in [-0.15, -0.1) is 11.6 Å². The Hall–Kier alpha value is -0.780. The predicted octanol–water partition coefficient (Wildman–Crippen LogP) is 3.22. The Kier molecular flexibility index (Phi) is 4.17. The van der Waals surface area contributed by atoms with Crippen molar-refractivity contribution in [2.24, 2.45) is 0 Å². The van der Waals surface area contributed by atoms with E-state index in [1.54, 1.807) is 0 Å². The summed E-state index contributed by atoms with van der Waals surface area (Å²) in [4.78, 5) is 4.62. The van der Waals surface area contributed by atoms with E-state index in [2.05, 4.69) is 9.55 Å². The van der Waals surface area contributed by atoms with Gasteiger partial charge in [0.25, 0.3) is 0 Å². The van der Waals surface area contributed by atoms with Crippen molar-refractivity contribution in [1.29, 1.82) is 0 Å². The van der Waals surface area contributed by atoms with E-state index >= 15 is 0 Å². The molecule has 1 aliphatic rings. The van der Waals surface area contributed by atoms with Gasteiger partial charge in [-0.05, 0) is 31.0 Å². The van der Waals surface area contributed by atoms with Gasteiger partial charge < -0.3 is 4.57 Å². The van der Waals surface area contributed by atoms with Gasteiger partial charge in [-0.1, -0.05) is 11.6 Å². The van der Waals surface area contributed by atoms with Crippen molar-refractivity contribution in [1.82, 2.24) is 9.55 Å². The first-order chi connectivity index (χ1) is 10.00. The van der Waals surface area contributed by atoms with E-state index < -0.39 is 9.84 Å². The SMILES string of the molecule is O=S1(=O)CCC(n2c(CCCl)nc3cc(Cl)ccc32)CC1. The average Bonchev–Trinajstić information content (AvgIpc) is 2.76. The van der Waals surface area contributed by atoms with Crippen LogP contribution in [0.3, 0.4) is 0 Å². The minimum Gasteiger partial charge on any atom is -0.325 e. The molecule has 0 radical (unpaired) electrons. The smallest absolute Gasteiger partial charge is 0.150 e. The summed E-state index contributed by atoms with van der Waals surface area (Å²) in [7, 11) is -2.87. The van der Waals surface area contributed by atoms with Crippen molar-refractivity contribution in [3.05, 3.63) is 29.0 Å². The Morgan fingerprint density at radius 3 is 2.67 bits per heavy atom. The predicted molar refractivity (Wildman–Crippen MR) is 86.1 cm³/mol. The third-order valence-electron chi connectivity index (χ3n) is 3.93. The maximum atomic E-state index is 11.6. The summed E-state index contributed by atoms with van der Waals surface area (Å²) in [6, 6.07) is 5.79. The van der Waals surface area contributed by atoms with Crippen LogP contribution in [-0.4, -0.2) is 35.4 Å². The van der Waals surface area contributed by atoms with E-state index in [4.69, 9.17) is 23.2 Å². The van der Waals surface area contributed by atoms with Gasteiger partial charge in [0, 0.05) is 23.4 Å². The van der Waals surface area contributed by atoms with E-state index in [9.17, 15) is 8.42 Å². The van der Waals surface area contributed by atoms with E-state index in [0.29, 0.717) is 30.2 Å². The molecule has 1 saturated heterocycles. The van der Waals surface area contributed by atoms with Crippen LogP contribution in [0.1, 0.15) is 24.7 Å². The van der Waals surface area contributed by atoms with Crippen molar-refractivity contribution in [2.45, 2.75) is 25.3 Å². The Labute approximate surface area is 134 Å². The second kappa shape index (κ2) is 5.78. The maximum Gasteiger partial charge on any atom is 0.150 e. The number of halogens is 2. The number of rotatable bonds is 3. The lowest BCUT2D eigenvalue weighted by molar-refractivity contribution is 0.447. The van der Waals surface area contributed by atoms with E-state index in [-0.39, 0.29) is 17.5 Å². The Balaban J connectivity index is 2.05. The van der Waals surface area contributed by atoms with Crippen LogP contribution in [-0.2, 0) is 16.3 Å². The van der Waals surface area contributed by atoms with Gasteiger partial charge in [0.15, 0.2) is 0 Å². The topological polar surface area (TPSA) is 52.0 Å². The van der Waals surface area contributed by atoms with Gasteiger partial charge in [-0.3, -0.25) is 0 Å². The number of hydrogen-bond donors (Lipinski definition) is 0. The van der Waals surface area contributed by atoms with Crippen LogP contribution in [0.5, 0.6) is 0 Å². The first-order valence-corrected chi connectivity index (χ1v) is 9.66. The Bertz CT molecular complexity index is 757. The van der Waals surface area contributed by atoms with Crippen LogP contribution in [0.25, 0.3) is 11.0 Å². The lowest BCUT2D eigenvalue weighted by Gasteiger charge is -2.25. The second-order valence-electron chi connectivity index (χ2n) is 5.35. The highest BCUT2D eigenvalue weighted by molar-refractivity contribution is 7.91. The molecule has 2 aromatic rings. The molecule has 0 unspecified atom stereocenters. The van der Waals surface area contributed by atoms with Crippen molar-refractivity contribution in [3.63, 3.8) is 0 Å². The van der Waals surface area contributed by atoms with Crippen LogP contribution in [0.2, 0.25) is 5.02 Å². The number of alkyl halides is 1. The number of fused-ring (bicyclic) bond motifs is 1. The summed E-state index contributed by atoms with van der Waals surface area (Å²) in [5.74, 6) is 1.88. The van der Waals surface area contributed by atoms with Crippen LogP contribution >= 0.6 is 23.2 Å². The standard InChI is InChI=1S/C14H16Cl2N2O2S/c15-6-3-14-17-12-9-10(16)1-2-13(12)18(14)11-4-7-21(19,20)8-5-11/h1-2,9,11H,3-8H2. The molecule has 1 aromatic heterocycles. The fourth-order valence-corrected chi connectivity index (χ4v) is 4.73. The summed E-state index contributed by atoms with van der Waals surface area (Å²) >= 11 is 11.9. The zero-order valence-corrected chi connectivity index (χ0v) is 13.8. The van der Waals surface area contributed by atoms with E-state index in [1.807, 2.05) is 18.2 Å². The van der Waals surface area contributed by atoms with Crippen LogP contribution in [0.15, 0.2) is 18.2 Å². The normalized spacial score (nSPS) is 19.1. The van der Waals surface area contributed by atoms with E-state index in [1.165, 1.54) is 0 Å². The molecule has 1 aromatic carbocycles. The fraction of sp³-hybridized carbons (Fsp3) is 0.500. The van der Waals surface area contributed by atoms with Gasteiger partial charge in [0.2, 0.25) is 0 Å². The van der Waals surface area contributed by atoms with Crippen molar-refractivity contribution in [2.75, 3.05) is 17.4 Å². The summed E-state index contributed by atoms with van der Waals surface area (Å²) in [5.41, 5.74) is 1.85. The summed E-state index contributed by atoms with van der Waals surface area (Å²) in [5, 5.41) is 0.649. The highest BCUT2D eigenvalue weighted by Crippen LogP contribution is 2.31. The summed E-state index contributed by atoms with van der Waals surface area (Å²) < 4.78 is 25.4. The number of aryl methyl sites for hydroxylation is 1. The number of nitrogens with zero attached hydrogens (tertiary/aromatic N) is 2. The highest BCUT2D eigenvalue weighted by atomic mass is 35.5. The van der Waals surface area contributed by atoms with E-state index in [0.717, 1.165) is 16.9 Å². The molecule has 0 aliphatic carbocycles. The van der Waals surface area contributed by atoms with Gasteiger partial charge >= 0.3 is 0 Å². The van der Waals surface area contributed by atoms with Crippen molar-refractivity contribution < 1.29 is 8.42 Å². The first kappa shape index (κ1) is 15.1. The molecular formula is C14H16Cl2N2O2S. The first-order valence-electron chi connectivity index (χ1n) is 6.93. The van der Waals surface area contributed by atoms with Gasteiger partial charge in [0.1, 0.15) is 15.7 Å². The van der Waals surface area contributed by atoms with Gasteiger partial charge in [-0.25, -0.2) is 13.4 Å². The minimum atomic E-state index is -2.87. The van der Waals surface area contributed by atoms with Crippen LogP contribution < -0.4 is 0 Å². The highest BCUT2D eigenvalue weighted by Gasteiger charge is 2.27. The summed E-state index contributed by atoms with van der Waals surface area (Å²) in [6.07, 6.45) is 1.93. The Morgan fingerprint density at radius 2 is 2.00 bits per heavy atom. The molecule has 21 heavy (non-hydrogen) atoms. The third kappa shape index (κ3) is 3.05. The molecule has 2 heterocycles. The molecule has 0 atom stereocenters. The molecule has 0 N–H and O–H groups in total. The quantitative estimate of drug-likeness (QED) is 0.801. The number of sulfone groups is 1. The summed E-state index contributed by atoms with van der Waals surface area (Å²) in [6.45, 7) is 0. The van der Waals surface area contributed by atoms with Crippen molar-refractivity contribution >= 4 is 44.1 Å². The van der Waals surface area contributed by atoms with Crippen molar-refractivity contribution in [3.8, 4) is 0 Å². The lowest BCUT2D eigenvalue weighted by Crippen LogP contribution is -2.26. The molecule has 4 nitrogen and oxygen atoms in total. The third-order valence-corrected chi connectivity index (χ3v) is 6.07.